The summed E-state index contributed by atoms with van der Waals surface area (Å²) in [6.07, 6.45) is 3.45. The van der Waals surface area contributed by atoms with Gasteiger partial charge in [-0.1, -0.05) is 32.0 Å². The Morgan fingerprint density at radius 3 is 2.57 bits per heavy atom. The van der Waals surface area contributed by atoms with Gasteiger partial charge >= 0.3 is 0 Å². The van der Waals surface area contributed by atoms with Crippen LogP contribution in [0.4, 0.5) is 5.69 Å². The first kappa shape index (κ1) is 28.7. The summed E-state index contributed by atoms with van der Waals surface area (Å²) >= 11 is 0. The lowest BCUT2D eigenvalue weighted by Gasteiger charge is -2.42. The zero-order valence-electron chi connectivity index (χ0n) is 25.9. The number of piperazine rings is 1. The number of hydrogen-bond acceptors (Lipinski definition) is 6. The molecule has 2 atom stereocenters. The maximum absolute atomic E-state index is 13.9. The largest absolute Gasteiger partial charge is 0.320 e. The number of nitrogens with zero attached hydrogens (tertiary/aromatic N) is 6. The number of carbonyl (C=O) groups excluding carboxylic acids is 2. The van der Waals surface area contributed by atoms with Gasteiger partial charge in [0.05, 0.1) is 6.54 Å². The van der Waals surface area contributed by atoms with Crippen LogP contribution < -0.4 is 4.90 Å². The molecule has 3 aliphatic rings. The summed E-state index contributed by atoms with van der Waals surface area (Å²) in [6, 6.07) is 13.3. The Kier molecular flexibility index (Phi) is 7.79. The molecule has 2 fully saturated rings. The first-order valence-corrected chi connectivity index (χ1v) is 15.4. The van der Waals surface area contributed by atoms with E-state index in [0.717, 1.165) is 67.2 Å². The lowest BCUT2D eigenvalue weighted by Crippen LogP contribution is -2.53. The van der Waals surface area contributed by atoms with Gasteiger partial charge in [-0.25, -0.2) is 0 Å². The molecule has 8 heteroatoms. The third kappa shape index (κ3) is 5.31. The van der Waals surface area contributed by atoms with Gasteiger partial charge in [0.25, 0.3) is 5.91 Å². The number of ketones is 1. The zero-order valence-corrected chi connectivity index (χ0v) is 25.9. The second-order valence-electron chi connectivity index (χ2n) is 13.3. The van der Waals surface area contributed by atoms with Crippen molar-refractivity contribution in [2.45, 2.75) is 65.6 Å². The van der Waals surface area contributed by atoms with Gasteiger partial charge in [-0.15, -0.1) is 10.2 Å². The number of anilines is 1. The number of aryl methyl sites for hydroxylation is 2. The van der Waals surface area contributed by atoms with Gasteiger partial charge in [0, 0.05) is 62.4 Å². The fourth-order valence-corrected chi connectivity index (χ4v) is 7.38. The van der Waals surface area contributed by atoms with Gasteiger partial charge in [-0.05, 0) is 86.0 Å². The van der Waals surface area contributed by atoms with Crippen LogP contribution in [-0.4, -0.2) is 69.0 Å². The standard InChI is InChI=1S/C34H44N6O2/c1-21(2)31-19-37(5)10-11-39(31)17-24-12-22(3)30-18-40(34(42)29(30)13-24)28-9-7-8-25(16-28)32(33-36-35-20-38(33)6)27-14-26(15-27)23(4)41/h7-9,12-13,16,20-21,26-27,31-32H,10-11,14-15,17-19H2,1-6H3/t26-,27+,31?,32?. The van der Waals surface area contributed by atoms with Gasteiger partial charge in [-0.3, -0.25) is 14.5 Å². The quantitative estimate of drug-likeness (QED) is 0.389. The number of hydrogen-bond donors (Lipinski definition) is 0. The number of amides is 1. The summed E-state index contributed by atoms with van der Waals surface area (Å²) in [6.45, 7) is 13.1. The van der Waals surface area contributed by atoms with E-state index in [1.165, 1.54) is 11.1 Å². The van der Waals surface area contributed by atoms with Crippen molar-refractivity contribution in [2.24, 2.45) is 24.8 Å². The number of aromatic nitrogens is 3. The van der Waals surface area contributed by atoms with E-state index in [9.17, 15) is 9.59 Å². The van der Waals surface area contributed by atoms with Crippen molar-refractivity contribution in [3.05, 3.63) is 76.4 Å². The third-order valence-electron chi connectivity index (χ3n) is 10.0. The van der Waals surface area contributed by atoms with Crippen LogP contribution in [0.15, 0.2) is 42.7 Å². The molecule has 1 aliphatic carbocycles. The fraction of sp³-hybridized carbons (Fsp3) is 0.529. The molecule has 6 rings (SSSR count). The molecule has 0 N–H and O–H groups in total. The number of benzene rings is 2. The minimum absolute atomic E-state index is 0.0268. The molecule has 0 radical (unpaired) electrons. The smallest absolute Gasteiger partial charge is 0.258 e. The lowest BCUT2D eigenvalue weighted by atomic mass is 9.65. The van der Waals surface area contributed by atoms with Gasteiger partial charge in [0.15, 0.2) is 0 Å². The number of rotatable bonds is 8. The van der Waals surface area contributed by atoms with Crippen LogP contribution in [-0.2, 0) is 24.9 Å². The van der Waals surface area contributed by atoms with Gasteiger partial charge in [0.1, 0.15) is 17.9 Å². The van der Waals surface area contributed by atoms with Crippen molar-refractivity contribution < 1.29 is 9.59 Å². The number of Topliss-reactive ketones (excluding diaryl/α,β-unsaturated/α-hetero) is 1. The monoisotopic (exact) mass is 568 g/mol. The minimum Gasteiger partial charge on any atom is -0.320 e. The molecular formula is C34H44N6O2. The first-order valence-electron chi connectivity index (χ1n) is 15.4. The van der Waals surface area contributed by atoms with E-state index in [4.69, 9.17) is 0 Å². The predicted octanol–water partition coefficient (Wildman–Crippen LogP) is 4.80. The fourth-order valence-electron chi connectivity index (χ4n) is 7.38. The molecule has 2 aromatic carbocycles. The molecule has 42 heavy (non-hydrogen) atoms. The molecule has 1 amide bonds. The Morgan fingerprint density at radius 1 is 1.10 bits per heavy atom. The summed E-state index contributed by atoms with van der Waals surface area (Å²) in [5, 5.41) is 8.63. The number of carbonyl (C=O) groups is 2. The van der Waals surface area contributed by atoms with Crippen LogP contribution in [0.2, 0.25) is 0 Å². The average Bonchev–Trinajstić information content (AvgIpc) is 3.49. The number of likely N-dealkylation sites (N-methyl/N-ethyl adjacent to an activating group) is 1. The summed E-state index contributed by atoms with van der Waals surface area (Å²) in [4.78, 5) is 32.9. The lowest BCUT2D eigenvalue weighted by molar-refractivity contribution is -0.124. The van der Waals surface area contributed by atoms with Crippen LogP contribution >= 0.6 is 0 Å². The van der Waals surface area contributed by atoms with E-state index >= 15 is 0 Å². The highest BCUT2D eigenvalue weighted by Gasteiger charge is 2.41. The number of fused-ring (bicyclic) bond motifs is 1. The SMILES string of the molecule is Cc1cc(CN2CCN(C)CC2C(C)C)cc2c1CN(c1cccc(C(c3nncn3C)[C@H]3C[C@@H](C(C)=O)C3)c1)C2=O. The summed E-state index contributed by atoms with van der Waals surface area (Å²) in [7, 11) is 4.18. The molecule has 1 aromatic heterocycles. The van der Waals surface area contributed by atoms with Crippen LogP contribution in [0.25, 0.3) is 0 Å². The van der Waals surface area contributed by atoms with Crippen molar-refractivity contribution in [3.8, 4) is 0 Å². The molecule has 3 heterocycles. The highest BCUT2D eigenvalue weighted by Crippen LogP contribution is 2.47. The second kappa shape index (κ2) is 11.4. The van der Waals surface area contributed by atoms with Gasteiger partial charge in [-0.2, -0.15) is 0 Å². The van der Waals surface area contributed by atoms with E-state index in [2.05, 4.69) is 72.1 Å². The predicted molar refractivity (Wildman–Crippen MR) is 164 cm³/mol. The topological polar surface area (TPSA) is 74.6 Å². The Bertz CT molecular complexity index is 1490. The molecule has 1 saturated heterocycles. The van der Waals surface area contributed by atoms with Crippen LogP contribution in [0.1, 0.15) is 78.0 Å². The molecule has 1 saturated carbocycles. The van der Waals surface area contributed by atoms with Crippen LogP contribution in [0.5, 0.6) is 0 Å². The van der Waals surface area contributed by atoms with E-state index in [0.29, 0.717) is 24.4 Å². The van der Waals surface area contributed by atoms with E-state index in [1.54, 1.807) is 13.3 Å². The maximum atomic E-state index is 13.9. The molecule has 3 aromatic rings. The molecule has 2 aliphatic heterocycles. The Morgan fingerprint density at radius 2 is 1.88 bits per heavy atom. The van der Waals surface area contributed by atoms with Gasteiger partial charge in [0.2, 0.25) is 0 Å². The van der Waals surface area contributed by atoms with E-state index in [-0.39, 0.29) is 23.5 Å². The molecular weight excluding hydrogens is 524 g/mol. The molecule has 8 nitrogen and oxygen atoms in total. The van der Waals surface area contributed by atoms with E-state index < -0.39 is 0 Å². The average molecular weight is 569 g/mol. The Balaban J connectivity index is 1.26. The summed E-state index contributed by atoms with van der Waals surface area (Å²) < 4.78 is 1.98. The van der Waals surface area contributed by atoms with Crippen LogP contribution in [0, 0.1) is 24.7 Å². The first-order chi connectivity index (χ1) is 20.1. The van der Waals surface area contributed by atoms with Gasteiger partial charge < -0.3 is 14.4 Å². The highest BCUT2D eigenvalue weighted by atomic mass is 16.2. The van der Waals surface area contributed by atoms with Crippen LogP contribution in [0.3, 0.4) is 0 Å². The summed E-state index contributed by atoms with van der Waals surface area (Å²) in [5.41, 5.74) is 6.39. The molecule has 2 unspecified atom stereocenters. The normalized spacial score (nSPS) is 23.7. The Hall–Kier alpha value is -3.36. The van der Waals surface area contributed by atoms with Crippen molar-refractivity contribution >= 4 is 17.4 Å². The highest BCUT2D eigenvalue weighted by molar-refractivity contribution is 6.10. The molecule has 0 spiro atoms. The Labute approximate surface area is 249 Å². The van der Waals surface area contributed by atoms with Crippen molar-refractivity contribution in [3.63, 3.8) is 0 Å². The molecule has 0 bridgehead atoms. The zero-order chi connectivity index (χ0) is 29.7. The third-order valence-corrected chi connectivity index (χ3v) is 10.0. The minimum atomic E-state index is 0.0268. The van der Waals surface area contributed by atoms with Crippen molar-refractivity contribution in [1.29, 1.82) is 0 Å². The maximum Gasteiger partial charge on any atom is 0.258 e. The second-order valence-corrected chi connectivity index (χ2v) is 13.3. The van der Waals surface area contributed by atoms with E-state index in [1.807, 2.05) is 28.6 Å². The summed E-state index contributed by atoms with van der Waals surface area (Å²) in [5.74, 6) is 2.28. The van der Waals surface area contributed by atoms with Crippen molar-refractivity contribution in [2.75, 3.05) is 31.6 Å². The molecule has 222 valence electrons. The van der Waals surface area contributed by atoms with Crippen molar-refractivity contribution in [1.82, 2.24) is 24.6 Å².